The van der Waals surface area contributed by atoms with Crippen molar-refractivity contribution in [1.29, 1.82) is 0 Å². The highest BCUT2D eigenvalue weighted by molar-refractivity contribution is 5.94. The van der Waals surface area contributed by atoms with E-state index in [0.717, 1.165) is 18.5 Å². The predicted molar refractivity (Wildman–Crippen MR) is 84.0 cm³/mol. The van der Waals surface area contributed by atoms with Crippen LogP contribution in [0.5, 0.6) is 0 Å². The summed E-state index contributed by atoms with van der Waals surface area (Å²) in [6.07, 6.45) is 1.45. The Labute approximate surface area is 131 Å². The smallest absolute Gasteiger partial charge is 0.337 e. The van der Waals surface area contributed by atoms with E-state index in [-0.39, 0.29) is 24.1 Å². The molecular formula is C16H23N3O3. The van der Waals surface area contributed by atoms with Crippen LogP contribution in [-0.2, 0) is 9.53 Å². The van der Waals surface area contributed by atoms with E-state index in [0.29, 0.717) is 6.54 Å². The van der Waals surface area contributed by atoms with Crippen LogP contribution in [0.3, 0.4) is 0 Å². The topological polar surface area (TPSA) is 61.9 Å². The third kappa shape index (κ3) is 3.39. The molecule has 1 aliphatic heterocycles. The molecule has 2 unspecified atom stereocenters. The molecule has 120 valence electrons. The van der Waals surface area contributed by atoms with Gasteiger partial charge in [-0.1, -0.05) is 31.5 Å². The molecule has 1 aromatic rings. The number of nitrogens with one attached hydrogen (secondary N) is 1. The fourth-order valence-corrected chi connectivity index (χ4v) is 2.74. The highest BCUT2D eigenvalue weighted by Gasteiger charge is 2.37. The number of ether oxygens (including phenoxy) is 1. The van der Waals surface area contributed by atoms with Crippen molar-refractivity contribution in [3.05, 3.63) is 30.3 Å². The molecule has 0 radical (unpaired) electrons. The fraction of sp³-hybridized carbons (Fsp3) is 0.500. The maximum Gasteiger partial charge on any atom is 0.337 e. The summed E-state index contributed by atoms with van der Waals surface area (Å²) in [5.74, 6) is -0.477. The number of para-hydroxylation sites is 1. The summed E-state index contributed by atoms with van der Waals surface area (Å²) in [7, 11) is 1.40. The first-order valence-electron chi connectivity index (χ1n) is 7.57. The number of amides is 2. The third-order valence-corrected chi connectivity index (χ3v) is 3.91. The van der Waals surface area contributed by atoms with Crippen LogP contribution in [0, 0.1) is 5.92 Å². The Balaban J connectivity index is 2.10. The number of hydrogen-bond acceptors (Lipinski definition) is 4. The number of nitrogens with zero attached hydrogens (tertiary/aromatic N) is 2. The molecule has 0 aromatic heterocycles. The molecule has 1 aromatic carbocycles. The lowest BCUT2D eigenvalue weighted by Crippen LogP contribution is -2.43. The van der Waals surface area contributed by atoms with Crippen LogP contribution < -0.4 is 10.3 Å². The van der Waals surface area contributed by atoms with E-state index in [2.05, 4.69) is 5.43 Å². The molecule has 2 amide bonds. The van der Waals surface area contributed by atoms with Gasteiger partial charge >= 0.3 is 12.0 Å². The first-order chi connectivity index (χ1) is 10.6. The minimum absolute atomic E-state index is 0.168. The van der Waals surface area contributed by atoms with Gasteiger partial charge in [0.2, 0.25) is 0 Å². The SMILES string of the molecule is CCCC(CN1NC(=O)N(c2ccccc2)C1C)C(=O)OC. The summed E-state index contributed by atoms with van der Waals surface area (Å²) in [5, 5.41) is 1.80. The van der Waals surface area contributed by atoms with Crippen LogP contribution in [0.25, 0.3) is 0 Å². The summed E-state index contributed by atoms with van der Waals surface area (Å²) in [4.78, 5) is 25.8. The number of hydrogen-bond donors (Lipinski definition) is 1. The predicted octanol–water partition coefficient (Wildman–Crippen LogP) is 2.37. The van der Waals surface area contributed by atoms with E-state index in [9.17, 15) is 9.59 Å². The number of carbonyl (C=O) groups excluding carboxylic acids is 2. The average Bonchev–Trinajstić information content (AvgIpc) is 2.81. The van der Waals surface area contributed by atoms with Gasteiger partial charge in [0.25, 0.3) is 0 Å². The highest BCUT2D eigenvalue weighted by atomic mass is 16.5. The lowest BCUT2D eigenvalue weighted by molar-refractivity contribution is -0.146. The van der Waals surface area contributed by atoms with Gasteiger partial charge in [-0.2, -0.15) is 5.01 Å². The molecule has 0 saturated carbocycles. The zero-order valence-corrected chi connectivity index (χ0v) is 13.3. The normalized spacial score (nSPS) is 19.9. The molecular weight excluding hydrogens is 282 g/mol. The van der Waals surface area contributed by atoms with Crippen molar-refractivity contribution >= 4 is 17.7 Å². The fourth-order valence-electron chi connectivity index (χ4n) is 2.74. The van der Waals surface area contributed by atoms with Crippen molar-refractivity contribution in [3.8, 4) is 0 Å². The zero-order chi connectivity index (χ0) is 16.1. The van der Waals surface area contributed by atoms with Crippen molar-refractivity contribution in [2.75, 3.05) is 18.6 Å². The van der Waals surface area contributed by atoms with Crippen molar-refractivity contribution in [1.82, 2.24) is 10.4 Å². The van der Waals surface area contributed by atoms with E-state index in [1.807, 2.05) is 44.2 Å². The summed E-state index contributed by atoms with van der Waals surface area (Å²) in [6.45, 7) is 4.40. The molecule has 0 spiro atoms. The van der Waals surface area contributed by atoms with Gasteiger partial charge in [-0.3, -0.25) is 15.1 Å². The van der Waals surface area contributed by atoms with E-state index in [1.54, 1.807) is 9.91 Å². The standard InChI is InChI=1S/C16H23N3O3/c1-4-8-13(15(20)22-3)11-18-12(2)19(16(21)17-18)14-9-6-5-7-10-14/h5-7,9-10,12-13H,4,8,11H2,1-3H3,(H,17,21). The van der Waals surface area contributed by atoms with Crippen LogP contribution in [0.4, 0.5) is 10.5 Å². The molecule has 6 heteroatoms. The summed E-state index contributed by atoms with van der Waals surface area (Å²) < 4.78 is 4.86. The second kappa shape index (κ2) is 7.26. The number of carbonyl (C=O) groups is 2. The molecule has 1 heterocycles. The zero-order valence-electron chi connectivity index (χ0n) is 13.3. The van der Waals surface area contributed by atoms with Gasteiger partial charge in [-0.05, 0) is 25.5 Å². The van der Waals surface area contributed by atoms with Gasteiger partial charge in [0, 0.05) is 12.2 Å². The molecule has 1 fully saturated rings. The van der Waals surface area contributed by atoms with Crippen molar-refractivity contribution in [3.63, 3.8) is 0 Å². The van der Waals surface area contributed by atoms with E-state index < -0.39 is 0 Å². The minimum Gasteiger partial charge on any atom is -0.469 e. The second-order valence-electron chi connectivity index (χ2n) is 5.42. The maximum absolute atomic E-state index is 12.2. The molecule has 0 bridgehead atoms. The first kappa shape index (κ1) is 16.3. The Morgan fingerprint density at radius 2 is 2.05 bits per heavy atom. The third-order valence-electron chi connectivity index (χ3n) is 3.91. The van der Waals surface area contributed by atoms with Gasteiger partial charge in [-0.25, -0.2) is 4.79 Å². The maximum atomic E-state index is 12.2. The van der Waals surface area contributed by atoms with E-state index in [1.165, 1.54) is 7.11 Å². The van der Waals surface area contributed by atoms with Gasteiger partial charge in [-0.15, -0.1) is 0 Å². The van der Waals surface area contributed by atoms with Crippen LogP contribution in [0.15, 0.2) is 30.3 Å². The Morgan fingerprint density at radius 3 is 2.64 bits per heavy atom. The molecule has 1 aliphatic rings. The summed E-state index contributed by atoms with van der Waals surface area (Å²) in [6, 6.07) is 9.30. The van der Waals surface area contributed by atoms with Gasteiger partial charge in [0.05, 0.1) is 13.0 Å². The molecule has 2 atom stereocenters. The number of rotatable bonds is 6. The Hall–Kier alpha value is -2.08. The lowest BCUT2D eigenvalue weighted by Gasteiger charge is -2.27. The number of urea groups is 1. The number of hydrazine groups is 1. The number of benzene rings is 1. The Morgan fingerprint density at radius 1 is 1.36 bits per heavy atom. The number of anilines is 1. The first-order valence-corrected chi connectivity index (χ1v) is 7.57. The van der Waals surface area contributed by atoms with Crippen LogP contribution in [0.2, 0.25) is 0 Å². The highest BCUT2D eigenvalue weighted by Crippen LogP contribution is 2.23. The largest absolute Gasteiger partial charge is 0.469 e. The monoisotopic (exact) mass is 305 g/mol. The Bertz CT molecular complexity index is 521. The van der Waals surface area contributed by atoms with Crippen LogP contribution in [0.1, 0.15) is 26.7 Å². The number of esters is 1. The minimum atomic E-state index is -0.242. The van der Waals surface area contributed by atoms with Gasteiger partial charge in [0.1, 0.15) is 6.17 Å². The van der Waals surface area contributed by atoms with E-state index >= 15 is 0 Å². The van der Waals surface area contributed by atoms with Crippen molar-refractivity contribution in [2.45, 2.75) is 32.9 Å². The van der Waals surface area contributed by atoms with Crippen molar-refractivity contribution < 1.29 is 14.3 Å². The quantitative estimate of drug-likeness (QED) is 0.820. The Kier molecular flexibility index (Phi) is 5.38. The molecule has 1 saturated heterocycles. The molecule has 2 rings (SSSR count). The second-order valence-corrected chi connectivity index (χ2v) is 5.42. The van der Waals surface area contributed by atoms with Gasteiger partial charge < -0.3 is 4.74 Å². The summed E-state index contributed by atoms with van der Waals surface area (Å²) in [5.41, 5.74) is 3.67. The van der Waals surface area contributed by atoms with E-state index in [4.69, 9.17) is 4.74 Å². The molecule has 6 nitrogen and oxygen atoms in total. The average molecular weight is 305 g/mol. The van der Waals surface area contributed by atoms with Crippen LogP contribution in [-0.4, -0.2) is 36.8 Å². The molecule has 0 aliphatic carbocycles. The summed E-state index contributed by atoms with van der Waals surface area (Å²) >= 11 is 0. The molecule has 1 N–H and O–H groups in total. The van der Waals surface area contributed by atoms with Crippen LogP contribution >= 0.6 is 0 Å². The van der Waals surface area contributed by atoms with Crippen molar-refractivity contribution in [2.24, 2.45) is 5.92 Å². The van der Waals surface area contributed by atoms with Gasteiger partial charge in [0.15, 0.2) is 0 Å². The number of methoxy groups -OCH3 is 1. The molecule has 22 heavy (non-hydrogen) atoms. The lowest BCUT2D eigenvalue weighted by atomic mass is 10.0.